The van der Waals surface area contributed by atoms with E-state index in [9.17, 15) is 17.6 Å². The van der Waals surface area contributed by atoms with Crippen molar-refractivity contribution < 1.29 is 17.6 Å². The number of benzene rings is 2. The molecule has 0 nitrogen and oxygen atoms in total. The number of rotatable bonds is 2. The van der Waals surface area contributed by atoms with Crippen LogP contribution in [0.25, 0.3) is 0 Å². The highest BCUT2D eigenvalue weighted by Gasteiger charge is 2.20. The Hall–Kier alpha value is -1.55. The van der Waals surface area contributed by atoms with Crippen LogP contribution in [0.15, 0.2) is 36.4 Å². The quantitative estimate of drug-likeness (QED) is 0.556. The summed E-state index contributed by atoms with van der Waals surface area (Å²) in [6.45, 7) is 0. The van der Waals surface area contributed by atoms with Crippen LogP contribution in [0.5, 0.6) is 0 Å². The van der Waals surface area contributed by atoms with Gasteiger partial charge in [0.15, 0.2) is 11.6 Å². The molecule has 0 saturated heterocycles. The summed E-state index contributed by atoms with van der Waals surface area (Å²) >= 11 is 5.90. The Labute approximate surface area is 106 Å². The van der Waals surface area contributed by atoms with Crippen molar-refractivity contribution in [3.63, 3.8) is 0 Å². The largest absolute Gasteiger partial charge is 0.207 e. The maximum Gasteiger partial charge on any atom is 0.163 e. The van der Waals surface area contributed by atoms with Gasteiger partial charge in [-0.05, 0) is 12.1 Å². The molecule has 0 saturated carbocycles. The second-order valence-corrected chi connectivity index (χ2v) is 4.11. The Morgan fingerprint density at radius 1 is 0.833 bits per heavy atom. The molecule has 0 aliphatic heterocycles. The first-order valence-corrected chi connectivity index (χ1v) is 5.47. The third-order valence-electron chi connectivity index (χ3n) is 2.49. The lowest BCUT2D eigenvalue weighted by Crippen LogP contribution is -2.02. The molecule has 2 aromatic carbocycles. The minimum atomic E-state index is -1.22. The number of hydrogen-bond acceptors (Lipinski definition) is 0. The Morgan fingerprint density at radius 3 is 2.22 bits per heavy atom. The van der Waals surface area contributed by atoms with Crippen LogP contribution < -0.4 is 0 Å². The molecule has 1 unspecified atom stereocenters. The summed E-state index contributed by atoms with van der Waals surface area (Å²) in [7, 11) is 0. The molecule has 0 radical (unpaired) electrons. The third kappa shape index (κ3) is 2.34. The summed E-state index contributed by atoms with van der Waals surface area (Å²) in [6, 6.07) is 6.20. The highest BCUT2D eigenvalue weighted by molar-refractivity contribution is 6.22. The Balaban J connectivity index is 2.48. The summed E-state index contributed by atoms with van der Waals surface area (Å²) in [5, 5.41) is -1.22. The molecule has 0 spiro atoms. The predicted octanol–water partition coefficient (Wildman–Crippen LogP) is 4.57. The number of hydrogen-bond donors (Lipinski definition) is 0. The van der Waals surface area contributed by atoms with Gasteiger partial charge in [0.25, 0.3) is 0 Å². The normalized spacial score (nSPS) is 12.5. The molecular formula is C13H7ClF4. The van der Waals surface area contributed by atoms with Gasteiger partial charge in [-0.15, -0.1) is 11.6 Å². The Bertz CT molecular complexity index is 583. The number of halogens is 5. The lowest BCUT2D eigenvalue weighted by molar-refractivity contribution is 0.498. The summed E-state index contributed by atoms with van der Waals surface area (Å²) < 4.78 is 52.7. The van der Waals surface area contributed by atoms with Crippen LogP contribution in [-0.2, 0) is 0 Å². The molecule has 2 rings (SSSR count). The van der Waals surface area contributed by atoms with Crippen molar-refractivity contribution in [1.82, 2.24) is 0 Å². The first-order chi connectivity index (χ1) is 8.50. The average Bonchev–Trinajstić information content (AvgIpc) is 2.32. The van der Waals surface area contributed by atoms with E-state index in [1.165, 1.54) is 12.1 Å². The summed E-state index contributed by atoms with van der Waals surface area (Å²) in [6.07, 6.45) is 0. The maximum atomic E-state index is 13.5. The van der Waals surface area contributed by atoms with E-state index in [2.05, 4.69) is 0 Å². The highest BCUT2D eigenvalue weighted by atomic mass is 35.5. The first-order valence-electron chi connectivity index (χ1n) is 5.03. The molecule has 0 aliphatic carbocycles. The zero-order valence-electron chi connectivity index (χ0n) is 8.93. The second kappa shape index (κ2) is 4.98. The van der Waals surface area contributed by atoms with E-state index in [4.69, 9.17) is 11.6 Å². The van der Waals surface area contributed by atoms with E-state index in [1.807, 2.05) is 0 Å². The molecule has 0 fully saturated rings. The molecule has 18 heavy (non-hydrogen) atoms. The molecule has 0 aliphatic rings. The van der Waals surface area contributed by atoms with E-state index in [0.717, 1.165) is 18.2 Å². The molecule has 94 valence electrons. The third-order valence-corrected chi connectivity index (χ3v) is 2.96. The Morgan fingerprint density at radius 2 is 1.56 bits per heavy atom. The van der Waals surface area contributed by atoms with Gasteiger partial charge in [-0.25, -0.2) is 17.6 Å². The van der Waals surface area contributed by atoms with Gasteiger partial charge in [-0.1, -0.05) is 18.2 Å². The maximum absolute atomic E-state index is 13.5. The minimum absolute atomic E-state index is 0.109. The van der Waals surface area contributed by atoms with Gasteiger partial charge in [-0.3, -0.25) is 0 Å². The molecule has 0 aromatic heterocycles. The van der Waals surface area contributed by atoms with Crippen molar-refractivity contribution in [3.05, 3.63) is 70.8 Å². The van der Waals surface area contributed by atoms with E-state index >= 15 is 0 Å². The SMILES string of the molecule is Fc1ccc(C(Cl)c2cccc(F)c2F)c(F)c1. The van der Waals surface area contributed by atoms with Gasteiger partial charge in [0.05, 0.1) is 5.38 Å². The van der Waals surface area contributed by atoms with Crippen LogP contribution in [-0.4, -0.2) is 0 Å². The molecule has 2 aromatic rings. The molecule has 5 heteroatoms. The molecular weight excluding hydrogens is 268 g/mol. The minimum Gasteiger partial charge on any atom is -0.207 e. The molecule has 0 N–H and O–H groups in total. The lowest BCUT2D eigenvalue weighted by atomic mass is 10.0. The van der Waals surface area contributed by atoms with Crippen molar-refractivity contribution >= 4 is 11.6 Å². The monoisotopic (exact) mass is 274 g/mol. The average molecular weight is 275 g/mol. The molecule has 0 bridgehead atoms. The van der Waals surface area contributed by atoms with E-state index in [-0.39, 0.29) is 11.1 Å². The molecule has 0 amide bonds. The van der Waals surface area contributed by atoms with Crippen LogP contribution in [0.2, 0.25) is 0 Å². The van der Waals surface area contributed by atoms with Crippen LogP contribution in [0.3, 0.4) is 0 Å². The molecule has 0 heterocycles. The topological polar surface area (TPSA) is 0 Å². The van der Waals surface area contributed by atoms with Crippen LogP contribution in [0, 0.1) is 23.3 Å². The first kappa shape index (κ1) is 12.9. The van der Waals surface area contributed by atoms with E-state index < -0.39 is 28.6 Å². The van der Waals surface area contributed by atoms with Crippen molar-refractivity contribution in [2.75, 3.05) is 0 Å². The Kier molecular flexibility index (Phi) is 3.57. The van der Waals surface area contributed by atoms with Crippen molar-refractivity contribution in [2.45, 2.75) is 5.38 Å². The van der Waals surface area contributed by atoms with Gasteiger partial charge in [-0.2, -0.15) is 0 Å². The van der Waals surface area contributed by atoms with Crippen LogP contribution >= 0.6 is 11.6 Å². The van der Waals surface area contributed by atoms with Crippen LogP contribution in [0.1, 0.15) is 16.5 Å². The van der Waals surface area contributed by atoms with E-state index in [0.29, 0.717) is 6.07 Å². The summed E-state index contributed by atoms with van der Waals surface area (Å²) in [5.41, 5.74) is -0.301. The predicted molar refractivity (Wildman–Crippen MR) is 60.4 cm³/mol. The number of alkyl halides is 1. The van der Waals surface area contributed by atoms with Gasteiger partial charge in [0.2, 0.25) is 0 Å². The van der Waals surface area contributed by atoms with Gasteiger partial charge < -0.3 is 0 Å². The van der Waals surface area contributed by atoms with Crippen molar-refractivity contribution in [1.29, 1.82) is 0 Å². The summed E-state index contributed by atoms with van der Waals surface area (Å²) in [5.74, 6) is -3.87. The molecule has 1 atom stereocenters. The fraction of sp³-hybridized carbons (Fsp3) is 0.0769. The lowest BCUT2D eigenvalue weighted by Gasteiger charge is -2.12. The van der Waals surface area contributed by atoms with Gasteiger partial charge in [0, 0.05) is 17.2 Å². The highest BCUT2D eigenvalue weighted by Crippen LogP contribution is 2.33. The summed E-state index contributed by atoms with van der Waals surface area (Å²) in [4.78, 5) is 0. The zero-order chi connectivity index (χ0) is 13.3. The smallest absolute Gasteiger partial charge is 0.163 e. The van der Waals surface area contributed by atoms with Crippen LogP contribution in [0.4, 0.5) is 17.6 Å². The van der Waals surface area contributed by atoms with Gasteiger partial charge >= 0.3 is 0 Å². The fourth-order valence-electron chi connectivity index (χ4n) is 1.59. The zero-order valence-corrected chi connectivity index (χ0v) is 9.69. The second-order valence-electron chi connectivity index (χ2n) is 3.67. The van der Waals surface area contributed by atoms with Gasteiger partial charge in [0.1, 0.15) is 11.6 Å². The standard InChI is InChI=1S/C13H7ClF4/c14-12(8-5-4-7(15)6-11(8)17)9-2-1-3-10(16)13(9)18/h1-6,12H. The van der Waals surface area contributed by atoms with Crippen molar-refractivity contribution in [3.8, 4) is 0 Å². The van der Waals surface area contributed by atoms with Crippen molar-refractivity contribution in [2.24, 2.45) is 0 Å². The fourth-order valence-corrected chi connectivity index (χ4v) is 1.94. The van der Waals surface area contributed by atoms with E-state index in [1.54, 1.807) is 0 Å².